The van der Waals surface area contributed by atoms with Gasteiger partial charge in [0.25, 0.3) is 0 Å². The molecule has 9 heteroatoms. The Morgan fingerprint density at radius 3 is 2.81 bits per heavy atom. The molecule has 178 valence electrons. The Labute approximate surface area is 190 Å². The molecule has 1 atom stereocenters. The average molecular weight is 449 g/mol. The van der Waals surface area contributed by atoms with Crippen molar-refractivity contribution in [2.75, 3.05) is 65.5 Å². The van der Waals surface area contributed by atoms with Crippen LogP contribution in [-0.2, 0) is 14.3 Å². The maximum absolute atomic E-state index is 11.9. The highest BCUT2D eigenvalue weighted by Crippen LogP contribution is 2.32. The van der Waals surface area contributed by atoms with Crippen LogP contribution in [0.2, 0.25) is 0 Å². The first kappa shape index (κ1) is 24.1. The molecule has 2 aliphatic heterocycles. The SMILES string of the molecule is CN(C)C(=O)CCNC(=NCCCOCC1CCCO1)Nc1ccc2c(c1)OCCCO2. The van der Waals surface area contributed by atoms with Crippen molar-refractivity contribution in [3.63, 3.8) is 0 Å². The molecule has 9 nitrogen and oxygen atoms in total. The number of hydrogen-bond acceptors (Lipinski definition) is 6. The van der Waals surface area contributed by atoms with Crippen LogP contribution in [0.25, 0.3) is 0 Å². The average Bonchev–Trinajstić information content (AvgIpc) is 3.19. The van der Waals surface area contributed by atoms with Gasteiger partial charge in [-0.2, -0.15) is 0 Å². The van der Waals surface area contributed by atoms with E-state index in [-0.39, 0.29) is 12.0 Å². The van der Waals surface area contributed by atoms with E-state index in [2.05, 4.69) is 15.6 Å². The van der Waals surface area contributed by atoms with Crippen LogP contribution in [0.4, 0.5) is 5.69 Å². The first-order valence-corrected chi connectivity index (χ1v) is 11.5. The van der Waals surface area contributed by atoms with E-state index < -0.39 is 0 Å². The number of nitrogens with zero attached hydrogens (tertiary/aromatic N) is 2. The highest BCUT2D eigenvalue weighted by molar-refractivity contribution is 5.94. The molecule has 0 radical (unpaired) electrons. The largest absolute Gasteiger partial charge is 0.490 e. The van der Waals surface area contributed by atoms with Gasteiger partial charge in [0.15, 0.2) is 17.5 Å². The molecule has 1 saturated heterocycles. The van der Waals surface area contributed by atoms with E-state index in [1.54, 1.807) is 19.0 Å². The van der Waals surface area contributed by atoms with Crippen LogP contribution in [0.3, 0.4) is 0 Å². The van der Waals surface area contributed by atoms with Crippen LogP contribution in [-0.4, -0.2) is 83.1 Å². The second kappa shape index (κ2) is 13.1. The molecule has 1 unspecified atom stereocenters. The summed E-state index contributed by atoms with van der Waals surface area (Å²) in [6, 6.07) is 5.74. The molecule has 1 aromatic rings. The summed E-state index contributed by atoms with van der Waals surface area (Å²) in [7, 11) is 3.51. The van der Waals surface area contributed by atoms with Gasteiger partial charge in [-0.3, -0.25) is 9.79 Å². The first-order chi connectivity index (χ1) is 15.6. The van der Waals surface area contributed by atoms with Crippen LogP contribution < -0.4 is 20.1 Å². The monoisotopic (exact) mass is 448 g/mol. The maximum atomic E-state index is 11.9. The standard InChI is InChI=1S/C23H36N4O5/c1-27(2)22(28)9-11-25-23(24-10-4-12-29-17-19-6-3-13-30-19)26-18-7-8-20-21(16-18)32-15-5-14-31-20/h7-8,16,19H,3-6,9-15,17H2,1-2H3,(H2,24,25,26). The third-order valence-electron chi connectivity index (χ3n) is 5.18. The fourth-order valence-corrected chi connectivity index (χ4v) is 3.38. The number of benzene rings is 1. The third-order valence-corrected chi connectivity index (χ3v) is 5.18. The topological polar surface area (TPSA) is 93.7 Å². The van der Waals surface area contributed by atoms with Gasteiger partial charge in [-0.05, 0) is 31.4 Å². The highest BCUT2D eigenvalue weighted by atomic mass is 16.5. The molecular weight excluding hydrogens is 412 g/mol. The predicted octanol–water partition coefficient (Wildman–Crippen LogP) is 2.27. The van der Waals surface area contributed by atoms with Gasteiger partial charge in [0, 0.05) is 65.0 Å². The summed E-state index contributed by atoms with van der Waals surface area (Å²) in [5, 5.41) is 6.55. The van der Waals surface area contributed by atoms with E-state index in [0.717, 1.165) is 49.5 Å². The Hall–Kier alpha value is -2.52. The predicted molar refractivity (Wildman–Crippen MR) is 124 cm³/mol. The summed E-state index contributed by atoms with van der Waals surface area (Å²) in [5.74, 6) is 2.15. The molecule has 1 aromatic carbocycles. The van der Waals surface area contributed by atoms with Crippen LogP contribution in [0.15, 0.2) is 23.2 Å². The smallest absolute Gasteiger partial charge is 0.223 e. The molecule has 2 N–H and O–H groups in total. The highest BCUT2D eigenvalue weighted by Gasteiger charge is 2.15. The lowest BCUT2D eigenvalue weighted by Gasteiger charge is -2.15. The van der Waals surface area contributed by atoms with E-state index in [9.17, 15) is 4.79 Å². The van der Waals surface area contributed by atoms with Crippen LogP contribution in [0, 0.1) is 0 Å². The Bertz CT molecular complexity index is 750. The van der Waals surface area contributed by atoms with Gasteiger partial charge < -0.3 is 34.5 Å². The van der Waals surface area contributed by atoms with Gasteiger partial charge in [0.1, 0.15) is 0 Å². The van der Waals surface area contributed by atoms with Crippen molar-refractivity contribution in [3.8, 4) is 11.5 Å². The summed E-state index contributed by atoms with van der Waals surface area (Å²) in [4.78, 5) is 18.1. The van der Waals surface area contributed by atoms with Gasteiger partial charge in [-0.15, -0.1) is 0 Å². The second-order valence-electron chi connectivity index (χ2n) is 8.10. The van der Waals surface area contributed by atoms with Crippen molar-refractivity contribution in [1.29, 1.82) is 0 Å². The number of aliphatic imine (C=N–C) groups is 1. The van der Waals surface area contributed by atoms with Crippen LogP contribution >= 0.6 is 0 Å². The second-order valence-corrected chi connectivity index (χ2v) is 8.10. The lowest BCUT2D eigenvalue weighted by molar-refractivity contribution is -0.128. The van der Waals surface area contributed by atoms with E-state index >= 15 is 0 Å². The summed E-state index contributed by atoms with van der Waals surface area (Å²) < 4.78 is 22.8. The number of rotatable bonds is 10. The number of amides is 1. The molecule has 0 saturated carbocycles. The van der Waals surface area contributed by atoms with Gasteiger partial charge in [-0.25, -0.2) is 0 Å². The van der Waals surface area contributed by atoms with E-state index in [0.29, 0.717) is 51.9 Å². The summed E-state index contributed by atoms with van der Waals surface area (Å²) in [6.07, 6.45) is 4.50. The zero-order valence-electron chi connectivity index (χ0n) is 19.2. The molecule has 0 aromatic heterocycles. The van der Waals surface area contributed by atoms with Crippen molar-refractivity contribution < 1.29 is 23.7 Å². The number of fused-ring (bicyclic) bond motifs is 1. The van der Waals surface area contributed by atoms with Crippen molar-refractivity contribution >= 4 is 17.6 Å². The van der Waals surface area contributed by atoms with Gasteiger partial charge >= 0.3 is 0 Å². The zero-order valence-corrected chi connectivity index (χ0v) is 19.2. The molecular formula is C23H36N4O5. The fourth-order valence-electron chi connectivity index (χ4n) is 3.38. The molecule has 32 heavy (non-hydrogen) atoms. The number of hydrogen-bond donors (Lipinski definition) is 2. The number of ether oxygens (including phenoxy) is 4. The Kier molecular flexibility index (Phi) is 9.90. The maximum Gasteiger partial charge on any atom is 0.223 e. The number of carbonyl (C=O) groups excluding carboxylic acids is 1. The molecule has 0 bridgehead atoms. The molecule has 2 aliphatic rings. The Morgan fingerprint density at radius 2 is 2.03 bits per heavy atom. The van der Waals surface area contributed by atoms with Crippen molar-refractivity contribution in [2.45, 2.75) is 38.2 Å². The van der Waals surface area contributed by atoms with Gasteiger partial charge in [0.05, 0.1) is 25.9 Å². The first-order valence-electron chi connectivity index (χ1n) is 11.5. The van der Waals surface area contributed by atoms with Crippen molar-refractivity contribution in [3.05, 3.63) is 18.2 Å². The quantitative estimate of drug-likeness (QED) is 0.322. The normalized spacial score (nSPS) is 18.2. The lowest BCUT2D eigenvalue weighted by atomic mass is 10.2. The van der Waals surface area contributed by atoms with Gasteiger partial charge in [-0.1, -0.05) is 0 Å². The summed E-state index contributed by atoms with van der Waals surface area (Å²) in [6.45, 7) is 4.51. The summed E-state index contributed by atoms with van der Waals surface area (Å²) >= 11 is 0. The van der Waals surface area contributed by atoms with Crippen LogP contribution in [0.1, 0.15) is 32.1 Å². The van der Waals surface area contributed by atoms with Gasteiger partial charge in [0.2, 0.25) is 5.91 Å². The van der Waals surface area contributed by atoms with Crippen molar-refractivity contribution in [2.24, 2.45) is 4.99 Å². The minimum absolute atomic E-state index is 0.0648. The van der Waals surface area contributed by atoms with Crippen molar-refractivity contribution in [1.82, 2.24) is 10.2 Å². The van der Waals surface area contributed by atoms with E-state index in [1.165, 1.54) is 0 Å². The fraction of sp³-hybridized carbons (Fsp3) is 0.652. The summed E-state index contributed by atoms with van der Waals surface area (Å²) in [5.41, 5.74) is 0.842. The number of nitrogens with one attached hydrogen (secondary N) is 2. The van der Waals surface area contributed by atoms with E-state index in [4.69, 9.17) is 18.9 Å². The number of anilines is 1. The minimum atomic E-state index is 0.0648. The number of carbonyl (C=O) groups is 1. The molecule has 2 heterocycles. The number of guanidine groups is 1. The third kappa shape index (κ3) is 8.20. The van der Waals surface area contributed by atoms with Crippen LogP contribution in [0.5, 0.6) is 11.5 Å². The lowest BCUT2D eigenvalue weighted by Crippen LogP contribution is -2.34. The molecule has 3 rings (SSSR count). The minimum Gasteiger partial charge on any atom is -0.490 e. The van der Waals surface area contributed by atoms with E-state index in [1.807, 2.05) is 18.2 Å². The molecule has 1 amide bonds. The Morgan fingerprint density at radius 1 is 1.19 bits per heavy atom. The molecule has 0 spiro atoms. The zero-order chi connectivity index (χ0) is 22.6. The Balaban J connectivity index is 1.51. The molecule has 1 fully saturated rings. The molecule has 0 aliphatic carbocycles.